The highest BCUT2D eigenvalue weighted by Gasteiger charge is 1.81. The second kappa shape index (κ2) is 7.36. The van der Waals surface area contributed by atoms with Crippen molar-refractivity contribution in [3.8, 4) is 0 Å². The van der Waals surface area contributed by atoms with E-state index in [2.05, 4.69) is 25.3 Å². The number of thiol groups is 2. The average molecular weight is 174 g/mol. The summed E-state index contributed by atoms with van der Waals surface area (Å²) in [4.78, 5) is 0. The normalized spacial score (nSPS) is 9.43. The summed E-state index contributed by atoms with van der Waals surface area (Å²) in [7, 11) is 0. The molecule has 0 heterocycles. The molecule has 5 heteroatoms. The molecule has 0 amide bonds. The van der Waals surface area contributed by atoms with Crippen LogP contribution in [-0.2, 0) is 3.63 Å². The van der Waals surface area contributed by atoms with Gasteiger partial charge in [0.25, 0.3) is 0 Å². The molecular formula is C2H6OS4. The fraction of sp³-hybridized carbons (Fsp3) is 1.00. The third kappa shape index (κ3) is 7.36. The zero-order valence-corrected chi connectivity index (χ0v) is 6.96. The number of hydrogen-bond donors (Lipinski definition) is 2. The molecular weight excluding hydrogens is 168 g/mol. The Morgan fingerprint density at radius 1 is 1.14 bits per heavy atom. The van der Waals surface area contributed by atoms with E-state index in [1.54, 1.807) is 0 Å². The first-order valence-corrected chi connectivity index (χ1v) is 4.63. The third-order valence-corrected chi connectivity index (χ3v) is 1.81. The van der Waals surface area contributed by atoms with Crippen molar-refractivity contribution in [2.24, 2.45) is 0 Å². The van der Waals surface area contributed by atoms with E-state index in [4.69, 9.17) is 3.63 Å². The maximum absolute atomic E-state index is 4.81. The van der Waals surface area contributed by atoms with Crippen LogP contribution in [0.15, 0.2) is 0 Å². The molecule has 0 radical (unpaired) electrons. The predicted octanol–water partition coefficient (Wildman–Crippen LogP) is 2.07. The van der Waals surface area contributed by atoms with E-state index in [0.717, 1.165) is 0 Å². The van der Waals surface area contributed by atoms with Gasteiger partial charge in [-0.25, -0.2) is 3.63 Å². The molecule has 0 aliphatic carbocycles. The van der Waals surface area contributed by atoms with Crippen molar-refractivity contribution < 1.29 is 3.63 Å². The first-order valence-electron chi connectivity index (χ1n) is 1.54. The summed E-state index contributed by atoms with van der Waals surface area (Å²) in [5, 5.41) is 1.39. The van der Waals surface area contributed by atoms with Crippen LogP contribution in [0.4, 0.5) is 0 Å². The molecule has 1 nitrogen and oxygen atoms in total. The van der Waals surface area contributed by atoms with Crippen molar-refractivity contribution in [2.45, 2.75) is 0 Å². The van der Waals surface area contributed by atoms with Gasteiger partial charge in [-0.3, -0.25) is 0 Å². The number of hydrogen-bond acceptors (Lipinski definition) is 5. The molecule has 7 heavy (non-hydrogen) atoms. The standard InChI is InChI=1S/C2H6OS4/c4-1-6-3-7-2-5/h4-5H,1-2H2. The van der Waals surface area contributed by atoms with E-state index >= 15 is 0 Å². The van der Waals surface area contributed by atoms with Crippen LogP contribution in [0.25, 0.3) is 0 Å². The summed E-state index contributed by atoms with van der Waals surface area (Å²) in [6.07, 6.45) is 0. The monoisotopic (exact) mass is 174 g/mol. The van der Waals surface area contributed by atoms with Crippen LogP contribution in [0.3, 0.4) is 0 Å². The smallest absolute Gasteiger partial charge is 0.0638 e. The molecule has 0 aromatic rings. The van der Waals surface area contributed by atoms with Crippen LogP contribution in [-0.4, -0.2) is 10.2 Å². The van der Waals surface area contributed by atoms with Gasteiger partial charge in [0.2, 0.25) is 0 Å². The molecule has 0 aliphatic rings. The SMILES string of the molecule is SCSOSCS. The minimum absolute atomic E-state index is 0.695. The summed E-state index contributed by atoms with van der Waals surface area (Å²) < 4.78 is 4.81. The molecule has 0 N–H and O–H groups in total. The van der Waals surface area contributed by atoms with Crippen molar-refractivity contribution in [1.29, 1.82) is 0 Å². The van der Waals surface area contributed by atoms with Crippen molar-refractivity contribution >= 4 is 49.3 Å². The highest BCUT2D eigenvalue weighted by Crippen LogP contribution is 2.15. The van der Waals surface area contributed by atoms with E-state index in [-0.39, 0.29) is 0 Å². The third-order valence-electron chi connectivity index (χ3n) is 0.202. The zero-order chi connectivity index (χ0) is 5.54. The maximum atomic E-state index is 4.81. The molecule has 44 valence electrons. The molecule has 0 unspecified atom stereocenters. The van der Waals surface area contributed by atoms with E-state index in [1.807, 2.05) is 0 Å². The Balaban J connectivity index is 2.45. The second-order valence-corrected chi connectivity index (χ2v) is 3.64. The molecule has 0 rings (SSSR count). The van der Waals surface area contributed by atoms with Crippen molar-refractivity contribution in [3.05, 3.63) is 0 Å². The van der Waals surface area contributed by atoms with Gasteiger partial charge in [0.15, 0.2) is 0 Å². The first-order chi connectivity index (χ1) is 3.41. The molecule has 0 fully saturated rings. The Hall–Kier alpha value is 1.36. The molecule has 0 saturated heterocycles. The highest BCUT2D eigenvalue weighted by atomic mass is 32.3. The molecule has 0 spiro atoms. The summed E-state index contributed by atoms with van der Waals surface area (Å²) in [5.74, 6) is 0. The van der Waals surface area contributed by atoms with Crippen molar-refractivity contribution in [3.63, 3.8) is 0 Å². The van der Waals surface area contributed by atoms with Crippen LogP contribution in [0, 0.1) is 0 Å². The van der Waals surface area contributed by atoms with E-state index in [9.17, 15) is 0 Å². The van der Waals surface area contributed by atoms with Crippen LogP contribution in [0.1, 0.15) is 0 Å². The lowest BCUT2D eigenvalue weighted by atomic mass is 11.9. The quantitative estimate of drug-likeness (QED) is 0.292. The summed E-state index contributed by atoms with van der Waals surface area (Å²) >= 11 is 10.4. The van der Waals surface area contributed by atoms with Gasteiger partial charge in [0.1, 0.15) is 0 Å². The van der Waals surface area contributed by atoms with E-state index < -0.39 is 0 Å². The van der Waals surface area contributed by atoms with Crippen molar-refractivity contribution in [1.82, 2.24) is 0 Å². The summed E-state index contributed by atoms with van der Waals surface area (Å²) in [6.45, 7) is 0. The lowest BCUT2D eigenvalue weighted by Crippen LogP contribution is -1.63. The van der Waals surface area contributed by atoms with Crippen LogP contribution >= 0.6 is 49.3 Å². The van der Waals surface area contributed by atoms with Crippen LogP contribution in [0.5, 0.6) is 0 Å². The first kappa shape index (κ1) is 8.36. The Morgan fingerprint density at radius 2 is 1.57 bits per heavy atom. The van der Waals surface area contributed by atoms with Gasteiger partial charge in [-0.05, 0) is 0 Å². The Kier molecular flexibility index (Phi) is 8.79. The topological polar surface area (TPSA) is 9.23 Å². The minimum Gasteiger partial charge on any atom is -0.246 e. The molecule has 0 aromatic carbocycles. The largest absolute Gasteiger partial charge is 0.246 e. The van der Waals surface area contributed by atoms with Gasteiger partial charge in [-0.2, -0.15) is 25.3 Å². The predicted molar refractivity (Wildman–Crippen MR) is 44.0 cm³/mol. The Bertz CT molecular complexity index is 28.9. The molecule has 0 atom stereocenters. The fourth-order valence-electron chi connectivity index (χ4n) is 0.0771. The summed E-state index contributed by atoms with van der Waals surface area (Å²) in [5.41, 5.74) is 0. The van der Waals surface area contributed by atoms with Gasteiger partial charge in [-0.15, -0.1) is 0 Å². The second-order valence-electron chi connectivity index (χ2n) is 0.562. The fourth-order valence-corrected chi connectivity index (χ4v) is 1.47. The lowest BCUT2D eigenvalue weighted by Gasteiger charge is -1.90. The van der Waals surface area contributed by atoms with Gasteiger partial charge in [0, 0.05) is 24.1 Å². The molecule has 0 saturated carbocycles. The van der Waals surface area contributed by atoms with Crippen molar-refractivity contribution in [2.75, 3.05) is 10.2 Å². The lowest BCUT2D eigenvalue weighted by molar-refractivity contribution is 0.767. The van der Waals surface area contributed by atoms with Gasteiger partial charge < -0.3 is 0 Å². The van der Waals surface area contributed by atoms with Gasteiger partial charge >= 0.3 is 0 Å². The van der Waals surface area contributed by atoms with E-state index in [1.165, 1.54) is 24.1 Å². The molecule has 0 aliphatic heterocycles. The highest BCUT2D eigenvalue weighted by molar-refractivity contribution is 8.15. The zero-order valence-electron chi connectivity index (χ0n) is 3.53. The van der Waals surface area contributed by atoms with Gasteiger partial charge in [-0.1, -0.05) is 0 Å². The maximum Gasteiger partial charge on any atom is 0.0638 e. The Morgan fingerprint density at radius 3 is 1.86 bits per heavy atom. The molecule has 0 aromatic heterocycles. The average Bonchev–Trinajstić information content (AvgIpc) is 1.69. The number of rotatable bonds is 4. The van der Waals surface area contributed by atoms with Crippen LogP contribution < -0.4 is 0 Å². The van der Waals surface area contributed by atoms with Gasteiger partial charge in [0.05, 0.1) is 10.2 Å². The minimum atomic E-state index is 0.695. The molecule has 0 bridgehead atoms. The van der Waals surface area contributed by atoms with E-state index in [0.29, 0.717) is 10.2 Å². The Labute approximate surface area is 63.2 Å². The summed E-state index contributed by atoms with van der Waals surface area (Å²) in [6, 6.07) is 0. The van der Waals surface area contributed by atoms with Crippen LogP contribution in [0.2, 0.25) is 0 Å².